The highest BCUT2D eigenvalue weighted by atomic mass is 16.7. The van der Waals surface area contributed by atoms with Crippen molar-refractivity contribution in [2.45, 2.75) is 11.6 Å². The van der Waals surface area contributed by atoms with Gasteiger partial charge in [-0.1, -0.05) is 0 Å². The highest BCUT2D eigenvalue weighted by molar-refractivity contribution is 5.38. The van der Waals surface area contributed by atoms with Gasteiger partial charge in [0.05, 0.1) is 0 Å². The summed E-state index contributed by atoms with van der Waals surface area (Å²) in [5, 5.41) is 0. The lowest BCUT2D eigenvalue weighted by molar-refractivity contribution is -0.184. The molecule has 0 aromatic carbocycles. The van der Waals surface area contributed by atoms with Crippen molar-refractivity contribution in [3.63, 3.8) is 0 Å². The molecule has 14 heavy (non-hydrogen) atoms. The molecule has 0 unspecified atom stereocenters. The van der Waals surface area contributed by atoms with E-state index in [1.54, 1.807) is 28.4 Å². The molecule has 4 nitrogen and oxygen atoms in total. The smallest absolute Gasteiger partial charge is 0.175 e. The summed E-state index contributed by atoms with van der Waals surface area (Å²) >= 11 is 0. The van der Waals surface area contributed by atoms with Gasteiger partial charge in [-0.2, -0.15) is 0 Å². The molecule has 80 valence electrons. The Bertz CT molecular complexity index is 213. The maximum atomic E-state index is 5.43. The number of rotatable bonds is 4. The van der Waals surface area contributed by atoms with E-state index in [1.165, 1.54) is 0 Å². The Morgan fingerprint density at radius 2 is 0.786 bits per heavy atom. The van der Waals surface area contributed by atoms with Gasteiger partial charge in [-0.05, 0) is 0 Å². The van der Waals surface area contributed by atoms with Crippen LogP contribution in [0, 0.1) is 23.7 Å². The highest BCUT2D eigenvalue weighted by Crippen LogP contribution is 2.87. The van der Waals surface area contributed by atoms with Crippen LogP contribution in [0.2, 0.25) is 0 Å². The summed E-state index contributed by atoms with van der Waals surface area (Å²) in [5.41, 5.74) is 0. The second-order valence-electron chi connectivity index (χ2n) is 4.36. The molecule has 0 aliphatic heterocycles. The number of methoxy groups -OCH3 is 4. The van der Waals surface area contributed by atoms with Crippen LogP contribution in [-0.4, -0.2) is 40.0 Å². The Morgan fingerprint density at radius 3 is 0.929 bits per heavy atom. The number of hydrogen-bond donors (Lipinski definition) is 0. The summed E-state index contributed by atoms with van der Waals surface area (Å²) < 4.78 is 21.7. The zero-order valence-electron chi connectivity index (χ0n) is 8.94. The third-order valence-corrected chi connectivity index (χ3v) is 4.46. The van der Waals surface area contributed by atoms with Gasteiger partial charge in [0.15, 0.2) is 11.6 Å². The summed E-state index contributed by atoms with van der Waals surface area (Å²) in [5.74, 6) is 1.25. The van der Waals surface area contributed by atoms with E-state index in [0.717, 1.165) is 0 Å². The second-order valence-corrected chi connectivity index (χ2v) is 4.36. The Kier molecular flexibility index (Phi) is 1.51. The number of hydrogen-bond acceptors (Lipinski definition) is 4. The van der Waals surface area contributed by atoms with E-state index in [2.05, 4.69) is 0 Å². The summed E-state index contributed by atoms with van der Waals surface area (Å²) in [4.78, 5) is 0. The van der Waals surface area contributed by atoms with Crippen molar-refractivity contribution in [3.05, 3.63) is 0 Å². The molecule has 0 amide bonds. The molecular weight excluding hydrogens is 184 g/mol. The third kappa shape index (κ3) is 0.608. The normalized spacial score (nSPS) is 48.9. The van der Waals surface area contributed by atoms with Crippen molar-refractivity contribution in [1.29, 1.82) is 0 Å². The molecule has 0 radical (unpaired) electrons. The van der Waals surface area contributed by atoms with Gasteiger partial charge in [-0.15, -0.1) is 0 Å². The van der Waals surface area contributed by atoms with Crippen molar-refractivity contribution < 1.29 is 18.9 Å². The van der Waals surface area contributed by atoms with E-state index in [9.17, 15) is 0 Å². The van der Waals surface area contributed by atoms with Gasteiger partial charge < -0.3 is 18.9 Å². The minimum absolute atomic E-state index is 0.324. The van der Waals surface area contributed by atoms with Gasteiger partial charge in [-0.25, -0.2) is 0 Å². The maximum absolute atomic E-state index is 5.43. The van der Waals surface area contributed by atoms with E-state index in [4.69, 9.17) is 18.9 Å². The fraction of sp³-hybridized carbons (Fsp3) is 1.00. The van der Waals surface area contributed by atoms with Gasteiger partial charge in [-0.3, -0.25) is 0 Å². The number of ether oxygens (including phenoxy) is 4. The Balaban J connectivity index is 1.77. The molecule has 0 spiro atoms. The quantitative estimate of drug-likeness (QED) is 0.618. The topological polar surface area (TPSA) is 36.9 Å². The minimum Gasteiger partial charge on any atom is -0.353 e. The lowest BCUT2D eigenvalue weighted by Gasteiger charge is -2.18. The second kappa shape index (κ2) is 2.32. The Morgan fingerprint density at radius 1 is 0.571 bits per heavy atom. The van der Waals surface area contributed by atoms with Crippen molar-refractivity contribution in [1.82, 2.24) is 0 Å². The van der Waals surface area contributed by atoms with Crippen LogP contribution in [0.4, 0.5) is 0 Å². The van der Waals surface area contributed by atoms with E-state index in [1.807, 2.05) is 0 Å². The third-order valence-electron chi connectivity index (χ3n) is 4.46. The fourth-order valence-corrected chi connectivity index (χ4v) is 3.79. The maximum Gasteiger partial charge on any atom is 0.175 e. The monoisotopic (exact) mass is 200 g/mol. The Labute approximate surface area is 83.5 Å². The van der Waals surface area contributed by atoms with Gasteiger partial charge in [0.1, 0.15) is 0 Å². The molecule has 4 heteroatoms. The molecule has 0 saturated heterocycles. The highest BCUT2D eigenvalue weighted by Gasteiger charge is 2.98. The zero-order valence-corrected chi connectivity index (χ0v) is 8.94. The molecule has 0 aromatic rings. The van der Waals surface area contributed by atoms with Crippen molar-refractivity contribution in [3.8, 4) is 0 Å². The molecule has 3 aliphatic carbocycles. The Hall–Kier alpha value is -0.160. The summed E-state index contributed by atoms with van der Waals surface area (Å²) in [6, 6.07) is 0. The molecule has 3 aliphatic rings. The SMILES string of the molecule is COC1(OC)C2C1C1C2C1(OC)OC. The first kappa shape index (κ1) is 9.09. The van der Waals surface area contributed by atoms with Crippen LogP contribution in [-0.2, 0) is 18.9 Å². The molecule has 3 fully saturated rings. The first-order valence-electron chi connectivity index (χ1n) is 4.94. The van der Waals surface area contributed by atoms with E-state index < -0.39 is 0 Å². The number of fused-ring (bicyclic) bond motifs is 4. The summed E-state index contributed by atoms with van der Waals surface area (Å²) in [6.45, 7) is 0. The zero-order chi connectivity index (χ0) is 10.1. The van der Waals surface area contributed by atoms with Gasteiger partial charge in [0, 0.05) is 52.1 Å². The van der Waals surface area contributed by atoms with Crippen LogP contribution >= 0.6 is 0 Å². The lowest BCUT2D eigenvalue weighted by atomic mass is 10.0. The van der Waals surface area contributed by atoms with Crippen LogP contribution in [0.3, 0.4) is 0 Å². The van der Waals surface area contributed by atoms with Crippen LogP contribution in [0.15, 0.2) is 0 Å². The molecule has 0 N–H and O–H groups in total. The molecule has 3 rings (SSSR count). The van der Waals surface area contributed by atoms with Crippen molar-refractivity contribution in [2.75, 3.05) is 28.4 Å². The predicted octanol–water partition coefficient (Wildman–Crippen LogP) is 0.470. The van der Waals surface area contributed by atoms with Crippen LogP contribution in [0.25, 0.3) is 0 Å². The first-order chi connectivity index (χ1) is 6.73. The standard InChI is InChI=1S/C10H16O4/c1-11-9(12-2)5-6(9)8-7(5)10(8,13-3)14-4/h5-8H,1-4H3. The van der Waals surface area contributed by atoms with E-state index in [0.29, 0.717) is 23.7 Å². The first-order valence-corrected chi connectivity index (χ1v) is 4.94. The fourth-order valence-electron chi connectivity index (χ4n) is 3.79. The summed E-state index contributed by atoms with van der Waals surface area (Å²) in [7, 11) is 6.84. The van der Waals surface area contributed by atoms with Crippen molar-refractivity contribution >= 4 is 0 Å². The van der Waals surface area contributed by atoms with Gasteiger partial charge >= 0.3 is 0 Å². The molecular formula is C10H16O4. The van der Waals surface area contributed by atoms with Crippen molar-refractivity contribution in [2.24, 2.45) is 23.7 Å². The molecule has 3 saturated carbocycles. The molecule has 0 atom stereocenters. The molecule has 0 heterocycles. The predicted molar refractivity (Wildman–Crippen MR) is 47.5 cm³/mol. The molecule has 0 bridgehead atoms. The van der Waals surface area contributed by atoms with Crippen LogP contribution < -0.4 is 0 Å². The largest absolute Gasteiger partial charge is 0.353 e. The average Bonchev–Trinajstić information content (AvgIpc) is 2.97. The van der Waals surface area contributed by atoms with E-state index in [-0.39, 0.29) is 11.6 Å². The van der Waals surface area contributed by atoms with E-state index >= 15 is 0 Å². The van der Waals surface area contributed by atoms with Gasteiger partial charge in [0.25, 0.3) is 0 Å². The summed E-state index contributed by atoms with van der Waals surface area (Å²) in [6.07, 6.45) is 0. The average molecular weight is 200 g/mol. The molecule has 0 aromatic heterocycles. The van der Waals surface area contributed by atoms with Crippen LogP contribution in [0.5, 0.6) is 0 Å². The van der Waals surface area contributed by atoms with Gasteiger partial charge in [0.2, 0.25) is 0 Å². The lowest BCUT2D eigenvalue weighted by Crippen LogP contribution is -2.26. The van der Waals surface area contributed by atoms with Crippen LogP contribution in [0.1, 0.15) is 0 Å². The minimum atomic E-state index is -0.324.